The quantitative estimate of drug-likeness (QED) is 0.475. The maximum atomic E-state index is 12.4. The van der Waals surface area contributed by atoms with Crippen molar-refractivity contribution in [2.45, 2.75) is 32.7 Å². The number of rotatable bonds is 7. The van der Waals surface area contributed by atoms with Crippen molar-refractivity contribution in [2.75, 3.05) is 6.61 Å². The van der Waals surface area contributed by atoms with Gasteiger partial charge in [0.25, 0.3) is 5.91 Å². The fourth-order valence-electron chi connectivity index (χ4n) is 2.55. The number of thiazole rings is 1. The van der Waals surface area contributed by atoms with Crippen LogP contribution in [0.5, 0.6) is 5.75 Å². The van der Waals surface area contributed by atoms with Gasteiger partial charge in [-0.3, -0.25) is 4.79 Å². The number of ether oxygens (including phenoxy) is 1. The maximum Gasteiger partial charge on any atom is 0.251 e. The predicted octanol–water partition coefficient (Wildman–Crippen LogP) is 4.80. The first kappa shape index (κ1) is 18.9. The van der Waals surface area contributed by atoms with Crippen molar-refractivity contribution >= 4 is 27.5 Å². The van der Waals surface area contributed by atoms with E-state index >= 15 is 0 Å². The third-order valence-electron chi connectivity index (χ3n) is 4.04. The van der Waals surface area contributed by atoms with Gasteiger partial charge in [0.1, 0.15) is 12.4 Å². The first-order chi connectivity index (χ1) is 13.3. The van der Waals surface area contributed by atoms with Gasteiger partial charge in [-0.05, 0) is 42.3 Å². The Morgan fingerprint density at radius 1 is 1.22 bits per heavy atom. The molecule has 2 aromatic carbocycles. The standard InChI is InChI=1S/C22H22N2O2S/c1-2-3-4-5-6-12-26-19-9-7-8-17(13-19)15-23-22(25)18-10-11-20-21(14-18)27-16-24-20/h7-11,13-14,16H,2-4,12,15H2,1H3,(H,23,25). The second-order valence-corrected chi connectivity index (χ2v) is 7.00. The molecule has 0 aliphatic rings. The largest absolute Gasteiger partial charge is 0.481 e. The number of carbonyl (C=O) groups excluding carboxylic acids is 1. The van der Waals surface area contributed by atoms with Crippen molar-refractivity contribution in [3.63, 3.8) is 0 Å². The molecule has 0 aliphatic heterocycles. The SMILES string of the molecule is CCCCC#CCOc1cccc(CNC(=O)c2ccc3ncsc3c2)c1. The molecule has 0 unspecified atom stereocenters. The highest BCUT2D eigenvalue weighted by Gasteiger charge is 2.07. The fourth-order valence-corrected chi connectivity index (χ4v) is 3.27. The van der Waals surface area contributed by atoms with E-state index in [0.717, 1.165) is 40.8 Å². The van der Waals surface area contributed by atoms with Gasteiger partial charge in [0.15, 0.2) is 0 Å². The molecule has 27 heavy (non-hydrogen) atoms. The van der Waals surface area contributed by atoms with Crippen LogP contribution in [0.25, 0.3) is 10.2 Å². The van der Waals surface area contributed by atoms with E-state index in [1.54, 1.807) is 11.6 Å². The van der Waals surface area contributed by atoms with E-state index in [4.69, 9.17) is 4.74 Å². The lowest BCUT2D eigenvalue weighted by molar-refractivity contribution is 0.0951. The first-order valence-electron chi connectivity index (χ1n) is 9.05. The molecule has 0 saturated carbocycles. The summed E-state index contributed by atoms with van der Waals surface area (Å²) >= 11 is 1.53. The minimum Gasteiger partial charge on any atom is -0.481 e. The summed E-state index contributed by atoms with van der Waals surface area (Å²) in [5, 5.41) is 2.95. The lowest BCUT2D eigenvalue weighted by Gasteiger charge is -2.08. The van der Waals surface area contributed by atoms with E-state index in [1.807, 2.05) is 36.4 Å². The summed E-state index contributed by atoms with van der Waals surface area (Å²) < 4.78 is 6.68. The van der Waals surface area contributed by atoms with Gasteiger partial charge in [0, 0.05) is 18.5 Å². The average Bonchev–Trinajstić information content (AvgIpc) is 3.17. The number of aromatic nitrogens is 1. The summed E-state index contributed by atoms with van der Waals surface area (Å²) in [7, 11) is 0. The highest BCUT2D eigenvalue weighted by molar-refractivity contribution is 7.16. The molecule has 5 heteroatoms. The minimum absolute atomic E-state index is 0.0987. The normalized spacial score (nSPS) is 10.3. The van der Waals surface area contributed by atoms with Gasteiger partial charge in [-0.15, -0.1) is 11.3 Å². The summed E-state index contributed by atoms with van der Waals surface area (Å²) in [6, 6.07) is 13.3. The molecule has 0 aliphatic carbocycles. The molecule has 138 valence electrons. The van der Waals surface area contributed by atoms with Crippen molar-refractivity contribution in [1.82, 2.24) is 10.3 Å². The Bertz CT molecular complexity index is 969. The Morgan fingerprint density at radius 3 is 3.04 bits per heavy atom. The van der Waals surface area contributed by atoms with Crippen LogP contribution in [-0.4, -0.2) is 17.5 Å². The van der Waals surface area contributed by atoms with Gasteiger partial charge < -0.3 is 10.1 Å². The Morgan fingerprint density at radius 2 is 2.15 bits per heavy atom. The molecule has 1 heterocycles. The zero-order valence-electron chi connectivity index (χ0n) is 15.3. The van der Waals surface area contributed by atoms with Crippen molar-refractivity contribution in [3.8, 4) is 17.6 Å². The van der Waals surface area contributed by atoms with Gasteiger partial charge in [-0.1, -0.05) is 37.3 Å². The van der Waals surface area contributed by atoms with Gasteiger partial charge in [0.05, 0.1) is 15.7 Å². The molecule has 0 bridgehead atoms. The second kappa shape index (κ2) is 9.75. The molecule has 0 atom stereocenters. The molecule has 1 aromatic heterocycles. The molecular formula is C22H22N2O2S. The summed E-state index contributed by atoms with van der Waals surface area (Å²) in [6.07, 6.45) is 3.19. The van der Waals surface area contributed by atoms with Crippen LogP contribution in [0.2, 0.25) is 0 Å². The van der Waals surface area contributed by atoms with Crippen LogP contribution >= 0.6 is 11.3 Å². The minimum atomic E-state index is -0.0987. The van der Waals surface area contributed by atoms with Crippen molar-refractivity contribution in [3.05, 3.63) is 59.1 Å². The van der Waals surface area contributed by atoms with Gasteiger partial charge >= 0.3 is 0 Å². The van der Waals surface area contributed by atoms with Crippen LogP contribution in [-0.2, 0) is 6.54 Å². The number of benzene rings is 2. The summed E-state index contributed by atoms with van der Waals surface area (Å²) in [6.45, 7) is 2.98. The summed E-state index contributed by atoms with van der Waals surface area (Å²) in [5.74, 6) is 6.79. The number of nitrogens with one attached hydrogen (secondary N) is 1. The second-order valence-electron chi connectivity index (χ2n) is 6.11. The Hall–Kier alpha value is -2.84. The third-order valence-corrected chi connectivity index (χ3v) is 4.83. The van der Waals surface area contributed by atoms with Crippen molar-refractivity contribution < 1.29 is 9.53 Å². The summed E-state index contributed by atoms with van der Waals surface area (Å²) in [4.78, 5) is 16.6. The van der Waals surface area contributed by atoms with E-state index in [1.165, 1.54) is 11.3 Å². The number of nitrogens with zero attached hydrogens (tertiary/aromatic N) is 1. The molecule has 4 nitrogen and oxygen atoms in total. The van der Waals surface area contributed by atoms with E-state index in [-0.39, 0.29) is 5.91 Å². The predicted molar refractivity (Wildman–Crippen MR) is 110 cm³/mol. The van der Waals surface area contributed by atoms with Crippen molar-refractivity contribution in [1.29, 1.82) is 0 Å². The lowest BCUT2D eigenvalue weighted by Crippen LogP contribution is -2.22. The highest BCUT2D eigenvalue weighted by atomic mass is 32.1. The number of hydrogen-bond acceptors (Lipinski definition) is 4. The van der Waals surface area contributed by atoms with Gasteiger partial charge in [0.2, 0.25) is 0 Å². The monoisotopic (exact) mass is 378 g/mol. The van der Waals surface area contributed by atoms with Crippen LogP contribution in [0.1, 0.15) is 42.1 Å². The number of fused-ring (bicyclic) bond motifs is 1. The van der Waals surface area contributed by atoms with Crippen LogP contribution in [0.4, 0.5) is 0 Å². The van der Waals surface area contributed by atoms with E-state index in [2.05, 4.69) is 29.1 Å². The third kappa shape index (κ3) is 5.57. The smallest absolute Gasteiger partial charge is 0.251 e. The molecule has 0 radical (unpaired) electrons. The van der Waals surface area contributed by atoms with Crippen LogP contribution in [0, 0.1) is 11.8 Å². The molecule has 0 fully saturated rings. The molecule has 0 spiro atoms. The fraction of sp³-hybridized carbons (Fsp3) is 0.273. The molecule has 0 saturated heterocycles. The van der Waals surface area contributed by atoms with Crippen LogP contribution in [0.3, 0.4) is 0 Å². The zero-order valence-corrected chi connectivity index (χ0v) is 16.1. The number of unbranched alkanes of at least 4 members (excludes halogenated alkanes) is 2. The molecule has 3 rings (SSSR count). The molecule has 3 aromatic rings. The van der Waals surface area contributed by atoms with Crippen LogP contribution in [0.15, 0.2) is 48.0 Å². The molecule has 1 amide bonds. The highest BCUT2D eigenvalue weighted by Crippen LogP contribution is 2.19. The van der Waals surface area contributed by atoms with Crippen LogP contribution < -0.4 is 10.1 Å². The van der Waals surface area contributed by atoms with E-state index in [0.29, 0.717) is 18.7 Å². The van der Waals surface area contributed by atoms with E-state index < -0.39 is 0 Å². The Kier molecular flexibility index (Phi) is 6.84. The first-order valence-corrected chi connectivity index (χ1v) is 9.93. The van der Waals surface area contributed by atoms with Gasteiger partial charge in [-0.2, -0.15) is 0 Å². The van der Waals surface area contributed by atoms with Crippen molar-refractivity contribution in [2.24, 2.45) is 0 Å². The Balaban J connectivity index is 1.52. The number of carbonyl (C=O) groups is 1. The topological polar surface area (TPSA) is 51.2 Å². The lowest BCUT2D eigenvalue weighted by atomic mass is 10.2. The number of hydrogen-bond donors (Lipinski definition) is 1. The molecule has 1 N–H and O–H groups in total. The molecular weight excluding hydrogens is 356 g/mol. The Labute approximate surface area is 163 Å². The van der Waals surface area contributed by atoms with E-state index in [9.17, 15) is 4.79 Å². The number of amides is 1. The van der Waals surface area contributed by atoms with Gasteiger partial charge in [-0.25, -0.2) is 4.98 Å². The average molecular weight is 378 g/mol. The zero-order chi connectivity index (χ0) is 18.9. The maximum absolute atomic E-state index is 12.4. The summed E-state index contributed by atoms with van der Waals surface area (Å²) in [5.41, 5.74) is 4.32.